The summed E-state index contributed by atoms with van der Waals surface area (Å²) in [5.41, 5.74) is 0.902. The number of nitrogens with zero attached hydrogens (tertiary/aromatic N) is 3. The summed E-state index contributed by atoms with van der Waals surface area (Å²) in [6, 6.07) is 5.31. The zero-order valence-corrected chi connectivity index (χ0v) is 13.3. The molecule has 0 fully saturated rings. The lowest BCUT2D eigenvalue weighted by atomic mass is 10.2. The van der Waals surface area contributed by atoms with E-state index in [1.165, 1.54) is 6.07 Å². The Morgan fingerprint density at radius 2 is 2.00 bits per heavy atom. The first-order valence-corrected chi connectivity index (χ1v) is 7.52. The molecule has 3 aromatic rings. The third-order valence-electron chi connectivity index (χ3n) is 3.70. The number of aryl methyl sites for hydroxylation is 1. The van der Waals surface area contributed by atoms with Gasteiger partial charge in [0.15, 0.2) is 0 Å². The van der Waals surface area contributed by atoms with E-state index in [-0.39, 0.29) is 0 Å². The summed E-state index contributed by atoms with van der Waals surface area (Å²) in [6.45, 7) is 2.52. The van der Waals surface area contributed by atoms with E-state index in [9.17, 15) is 13.2 Å². The molecule has 0 saturated heterocycles. The van der Waals surface area contributed by atoms with Crippen LogP contribution in [0.2, 0.25) is 0 Å². The van der Waals surface area contributed by atoms with Gasteiger partial charge in [0.2, 0.25) is 0 Å². The number of pyridine rings is 1. The zero-order valence-electron chi connectivity index (χ0n) is 13.3. The second-order valence-electron chi connectivity index (χ2n) is 5.42. The predicted molar refractivity (Wildman–Crippen MR) is 84.7 cm³/mol. The maximum atomic E-state index is 12.9. The van der Waals surface area contributed by atoms with E-state index < -0.39 is 11.7 Å². The van der Waals surface area contributed by atoms with Crippen molar-refractivity contribution < 1.29 is 17.9 Å². The normalized spacial score (nSPS) is 11.9. The highest BCUT2D eigenvalue weighted by atomic mass is 19.4. The monoisotopic (exact) mass is 335 g/mol. The SMILES string of the molecule is CCCOc1cnccc1-c1nc2cc(C(F)(F)F)ccc2n1C. The summed E-state index contributed by atoms with van der Waals surface area (Å²) in [5.74, 6) is 1.10. The Kier molecular flexibility index (Phi) is 4.17. The van der Waals surface area contributed by atoms with Crippen molar-refractivity contribution in [1.82, 2.24) is 14.5 Å². The van der Waals surface area contributed by atoms with Crippen LogP contribution < -0.4 is 4.74 Å². The molecule has 4 nitrogen and oxygen atoms in total. The summed E-state index contributed by atoms with van der Waals surface area (Å²) in [5, 5.41) is 0. The molecule has 0 saturated carbocycles. The van der Waals surface area contributed by atoms with Crippen molar-refractivity contribution in [2.75, 3.05) is 6.61 Å². The fourth-order valence-electron chi connectivity index (χ4n) is 2.51. The molecule has 24 heavy (non-hydrogen) atoms. The maximum Gasteiger partial charge on any atom is 0.416 e. The first-order chi connectivity index (χ1) is 11.4. The maximum absolute atomic E-state index is 12.9. The number of hydrogen-bond donors (Lipinski definition) is 0. The van der Waals surface area contributed by atoms with Crippen molar-refractivity contribution in [3.63, 3.8) is 0 Å². The topological polar surface area (TPSA) is 39.9 Å². The van der Waals surface area contributed by atoms with Crippen molar-refractivity contribution in [2.24, 2.45) is 7.05 Å². The van der Waals surface area contributed by atoms with Gasteiger partial charge in [-0.05, 0) is 30.7 Å². The van der Waals surface area contributed by atoms with Crippen LogP contribution in [-0.4, -0.2) is 21.1 Å². The number of halogens is 3. The Morgan fingerprint density at radius 1 is 1.21 bits per heavy atom. The van der Waals surface area contributed by atoms with Gasteiger partial charge in [-0.2, -0.15) is 13.2 Å². The molecule has 1 aromatic carbocycles. The third kappa shape index (κ3) is 2.93. The zero-order chi connectivity index (χ0) is 17.3. The molecule has 7 heteroatoms. The van der Waals surface area contributed by atoms with E-state index in [2.05, 4.69) is 9.97 Å². The number of ether oxygens (including phenoxy) is 1. The van der Waals surface area contributed by atoms with Crippen molar-refractivity contribution >= 4 is 11.0 Å². The van der Waals surface area contributed by atoms with Gasteiger partial charge in [0.05, 0.1) is 35.0 Å². The van der Waals surface area contributed by atoms with Crippen LogP contribution >= 0.6 is 0 Å². The van der Waals surface area contributed by atoms with Gasteiger partial charge in [-0.3, -0.25) is 4.98 Å². The van der Waals surface area contributed by atoms with E-state index in [0.29, 0.717) is 34.8 Å². The van der Waals surface area contributed by atoms with Gasteiger partial charge in [0, 0.05) is 13.2 Å². The molecule has 0 N–H and O–H groups in total. The van der Waals surface area contributed by atoms with Gasteiger partial charge in [-0.25, -0.2) is 4.98 Å². The lowest BCUT2D eigenvalue weighted by Crippen LogP contribution is -2.04. The molecule has 2 heterocycles. The van der Waals surface area contributed by atoms with Crippen molar-refractivity contribution in [3.05, 3.63) is 42.2 Å². The summed E-state index contributed by atoms with van der Waals surface area (Å²) in [7, 11) is 1.77. The van der Waals surface area contributed by atoms with E-state index in [1.54, 1.807) is 30.1 Å². The predicted octanol–water partition coefficient (Wildman–Crippen LogP) is 4.44. The van der Waals surface area contributed by atoms with Crippen LogP contribution in [-0.2, 0) is 13.2 Å². The standard InChI is InChI=1S/C17H16F3N3O/c1-3-8-24-15-10-21-7-6-12(15)16-22-13-9-11(17(18,19)20)4-5-14(13)23(16)2/h4-7,9-10H,3,8H2,1-2H3. The lowest BCUT2D eigenvalue weighted by Gasteiger charge is -2.10. The van der Waals surface area contributed by atoms with Crippen LogP contribution in [0.5, 0.6) is 5.75 Å². The Balaban J connectivity index is 2.12. The van der Waals surface area contributed by atoms with Crippen molar-refractivity contribution in [1.29, 1.82) is 0 Å². The highest BCUT2D eigenvalue weighted by Crippen LogP contribution is 2.34. The van der Waals surface area contributed by atoms with Gasteiger partial charge in [-0.15, -0.1) is 0 Å². The molecule has 126 valence electrons. The Hall–Kier alpha value is -2.57. The number of aromatic nitrogens is 3. The number of imidazole rings is 1. The number of alkyl halides is 3. The largest absolute Gasteiger partial charge is 0.491 e. The van der Waals surface area contributed by atoms with Gasteiger partial charge >= 0.3 is 6.18 Å². The quantitative estimate of drug-likeness (QED) is 0.707. The Labute approximate surface area is 136 Å². The first-order valence-electron chi connectivity index (χ1n) is 7.52. The van der Waals surface area contributed by atoms with Crippen LogP contribution in [0.3, 0.4) is 0 Å². The molecular weight excluding hydrogens is 319 g/mol. The number of rotatable bonds is 4. The van der Waals surface area contributed by atoms with Gasteiger partial charge < -0.3 is 9.30 Å². The van der Waals surface area contributed by atoms with Crippen LogP contribution in [0, 0.1) is 0 Å². The van der Waals surface area contributed by atoms with E-state index in [4.69, 9.17) is 4.74 Å². The number of benzene rings is 1. The second kappa shape index (κ2) is 6.14. The van der Waals surface area contributed by atoms with Crippen LogP contribution in [0.15, 0.2) is 36.7 Å². The van der Waals surface area contributed by atoms with Gasteiger partial charge in [-0.1, -0.05) is 6.92 Å². The van der Waals surface area contributed by atoms with E-state index in [0.717, 1.165) is 18.6 Å². The van der Waals surface area contributed by atoms with Gasteiger partial charge in [0.1, 0.15) is 11.6 Å². The van der Waals surface area contributed by atoms with Crippen LogP contribution in [0.1, 0.15) is 18.9 Å². The number of fused-ring (bicyclic) bond motifs is 1. The lowest BCUT2D eigenvalue weighted by molar-refractivity contribution is -0.137. The molecule has 0 atom stereocenters. The number of hydrogen-bond acceptors (Lipinski definition) is 3. The van der Waals surface area contributed by atoms with Gasteiger partial charge in [0.25, 0.3) is 0 Å². The average Bonchev–Trinajstić information content (AvgIpc) is 2.89. The fraction of sp³-hybridized carbons (Fsp3) is 0.294. The molecule has 0 spiro atoms. The molecule has 0 aliphatic rings. The summed E-state index contributed by atoms with van der Waals surface area (Å²) in [6.07, 6.45) is -0.357. The van der Waals surface area contributed by atoms with E-state index in [1.807, 2.05) is 6.92 Å². The Morgan fingerprint density at radius 3 is 2.71 bits per heavy atom. The highest BCUT2D eigenvalue weighted by molar-refractivity contribution is 5.82. The molecule has 0 unspecified atom stereocenters. The minimum absolute atomic E-state index is 0.292. The van der Waals surface area contributed by atoms with Crippen LogP contribution in [0.4, 0.5) is 13.2 Å². The first kappa shape index (κ1) is 16.3. The molecule has 0 aliphatic heterocycles. The molecule has 3 rings (SSSR count). The van der Waals surface area contributed by atoms with Crippen molar-refractivity contribution in [3.8, 4) is 17.1 Å². The molecular formula is C17H16F3N3O. The minimum Gasteiger partial charge on any atom is -0.491 e. The van der Waals surface area contributed by atoms with E-state index >= 15 is 0 Å². The molecule has 0 radical (unpaired) electrons. The smallest absolute Gasteiger partial charge is 0.416 e. The minimum atomic E-state index is -4.39. The molecule has 0 amide bonds. The van der Waals surface area contributed by atoms with Crippen LogP contribution in [0.25, 0.3) is 22.4 Å². The second-order valence-corrected chi connectivity index (χ2v) is 5.42. The Bertz CT molecular complexity index is 871. The summed E-state index contributed by atoms with van der Waals surface area (Å²) < 4.78 is 46.1. The highest BCUT2D eigenvalue weighted by Gasteiger charge is 2.31. The molecule has 0 bridgehead atoms. The fourth-order valence-corrected chi connectivity index (χ4v) is 2.51. The summed E-state index contributed by atoms with van der Waals surface area (Å²) in [4.78, 5) is 8.42. The van der Waals surface area contributed by atoms with Crippen molar-refractivity contribution in [2.45, 2.75) is 19.5 Å². The third-order valence-corrected chi connectivity index (χ3v) is 3.70. The molecule has 2 aromatic heterocycles. The molecule has 0 aliphatic carbocycles. The average molecular weight is 335 g/mol. The summed E-state index contributed by atoms with van der Waals surface area (Å²) >= 11 is 0.